The number of rotatable bonds is 4. The van der Waals surface area contributed by atoms with Crippen LogP contribution >= 0.6 is 0 Å². The molecule has 0 fully saturated rings. The molecule has 0 amide bonds. The number of carbonyl (C=O) groups is 1. The van der Waals surface area contributed by atoms with Crippen LogP contribution in [0.15, 0.2) is 15.8 Å². The molecule has 0 aromatic carbocycles. The van der Waals surface area contributed by atoms with Gasteiger partial charge in [0.1, 0.15) is 5.56 Å². The van der Waals surface area contributed by atoms with Crippen LogP contribution in [0.1, 0.15) is 24.2 Å². The highest BCUT2D eigenvalue weighted by Gasteiger charge is 2.22. The Hall–Kier alpha value is -1.89. The first-order chi connectivity index (χ1) is 8.15. The second kappa shape index (κ2) is 4.77. The van der Waals surface area contributed by atoms with Crippen LogP contribution in [0.2, 0.25) is 0 Å². The van der Waals surface area contributed by atoms with Gasteiger partial charge in [0.05, 0.1) is 0 Å². The van der Waals surface area contributed by atoms with Crippen LogP contribution in [-0.2, 0) is 6.54 Å². The molecule has 0 radical (unpaired) electrons. The molecule has 0 unspecified atom stereocenters. The average molecular weight is 255 g/mol. The van der Waals surface area contributed by atoms with Crippen molar-refractivity contribution < 1.29 is 9.90 Å². The fourth-order valence-electron chi connectivity index (χ4n) is 1.34. The molecule has 7 heteroatoms. The quantitative estimate of drug-likeness (QED) is 0.761. The van der Waals surface area contributed by atoms with Crippen LogP contribution in [0.5, 0.6) is 0 Å². The lowest BCUT2D eigenvalue weighted by Crippen LogP contribution is -2.46. The minimum absolute atomic E-state index is 0.274. The minimum atomic E-state index is -1.35. The number of aromatic amines is 1. The van der Waals surface area contributed by atoms with Gasteiger partial charge < -0.3 is 10.0 Å². The second-order valence-corrected chi connectivity index (χ2v) is 4.94. The predicted octanol–water partition coefficient (Wildman–Crippen LogP) is -0.425. The molecule has 0 spiro atoms. The zero-order valence-electron chi connectivity index (χ0n) is 10.9. The number of aromatic nitrogens is 2. The summed E-state index contributed by atoms with van der Waals surface area (Å²) in [5, 5.41) is 8.84. The van der Waals surface area contributed by atoms with Crippen molar-refractivity contribution in [1.82, 2.24) is 14.5 Å². The van der Waals surface area contributed by atoms with Crippen molar-refractivity contribution >= 4 is 5.97 Å². The molecule has 0 saturated carbocycles. The number of likely N-dealkylation sites (N-methyl/N-ethyl adjacent to an activating group) is 1. The van der Waals surface area contributed by atoms with E-state index < -0.39 is 22.8 Å². The Morgan fingerprint density at radius 3 is 2.44 bits per heavy atom. The molecule has 0 atom stereocenters. The molecule has 0 aliphatic rings. The Kier molecular flexibility index (Phi) is 3.76. The van der Waals surface area contributed by atoms with E-state index in [-0.39, 0.29) is 12.1 Å². The molecule has 18 heavy (non-hydrogen) atoms. The Labute approximate surface area is 104 Å². The first-order valence-electron chi connectivity index (χ1n) is 5.39. The largest absolute Gasteiger partial charge is 0.477 e. The normalized spacial score (nSPS) is 11.8. The molecule has 1 rings (SSSR count). The summed E-state index contributed by atoms with van der Waals surface area (Å²) in [4.78, 5) is 37.6. The van der Waals surface area contributed by atoms with Gasteiger partial charge in [-0.2, -0.15) is 0 Å². The van der Waals surface area contributed by atoms with E-state index in [4.69, 9.17) is 5.11 Å². The highest BCUT2D eigenvalue weighted by atomic mass is 16.4. The van der Waals surface area contributed by atoms with E-state index in [2.05, 4.69) is 0 Å². The lowest BCUT2D eigenvalue weighted by molar-refractivity contribution is 0.0692. The summed E-state index contributed by atoms with van der Waals surface area (Å²) in [6, 6.07) is 0. The molecule has 2 N–H and O–H groups in total. The Bertz CT molecular complexity index is 568. The van der Waals surface area contributed by atoms with Crippen LogP contribution in [0.25, 0.3) is 0 Å². The number of aromatic carboxylic acids is 1. The molecular weight excluding hydrogens is 238 g/mol. The lowest BCUT2D eigenvalue weighted by atomic mass is 10.0. The van der Waals surface area contributed by atoms with Crippen molar-refractivity contribution in [3.8, 4) is 0 Å². The molecule has 7 nitrogen and oxygen atoms in total. The molecule has 1 aromatic rings. The summed E-state index contributed by atoms with van der Waals surface area (Å²) in [6.07, 6.45) is 1.08. The van der Waals surface area contributed by atoms with E-state index in [0.29, 0.717) is 0 Å². The average Bonchev–Trinajstić information content (AvgIpc) is 2.21. The van der Waals surface area contributed by atoms with Crippen molar-refractivity contribution in [1.29, 1.82) is 0 Å². The van der Waals surface area contributed by atoms with E-state index in [1.807, 2.05) is 37.8 Å². The van der Waals surface area contributed by atoms with Crippen molar-refractivity contribution in [3.63, 3.8) is 0 Å². The number of hydrogen-bond acceptors (Lipinski definition) is 4. The number of H-pyrrole nitrogens is 1. The molecular formula is C11H17N3O4. The van der Waals surface area contributed by atoms with Gasteiger partial charge in [0.15, 0.2) is 0 Å². The highest BCUT2D eigenvalue weighted by molar-refractivity contribution is 5.86. The maximum atomic E-state index is 11.6. The predicted molar refractivity (Wildman–Crippen MR) is 66.0 cm³/mol. The lowest BCUT2D eigenvalue weighted by Gasteiger charge is -2.32. The standard InChI is InChI=1S/C11H17N3O4/c1-11(2,13(3)4)6-14-5-7(9(16)17)8(15)12-10(14)18/h5H,6H2,1-4H3,(H,16,17)(H,12,15,18). The second-order valence-electron chi connectivity index (χ2n) is 4.94. The summed E-state index contributed by atoms with van der Waals surface area (Å²) < 4.78 is 1.20. The fourth-order valence-corrected chi connectivity index (χ4v) is 1.34. The summed E-state index contributed by atoms with van der Waals surface area (Å²) >= 11 is 0. The van der Waals surface area contributed by atoms with Gasteiger partial charge in [0.25, 0.3) is 5.56 Å². The minimum Gasteiger partial charge on any atom is -0.477 e. The van der Waals surface area contributed by atoms with E-state index in [1.165, 1.54) is 4.57 Å². The maximum Gasteiger partial charge on any atom is 0.342 e. The smallest absolute Gasteiger partial charge is 0.342 e. The van der Waals surface area contributed by atoms with Gasteiger partial charge in [-0.15, -0.1) is 0 Å². The van der Waals surface area contributed by atoms with E-state index in [1.54, 1.807) is 0 Å². The van der Waals surface area contributed by atoms with Gasteiger partial charge in [0, 0.05) is 18.3 Å². The molecule has 0 aliphatic carbocycles. The van der Waals surface area contributed by atoms with E-state index in [9.17, 15) is 14.4 Å². The highest BCUT2D eigenvalue weighted by Crippen LogP contribution is 2.11. The van der Waals surface area contributed by atoms with Crippen LogP contribution < -0.4 is 11.2 Å². The molecule has 0 saturated heterocycles. The number of carboxylic acid groups (broad SMARTS) is 1. The third kappa shape index (κ3) is 2.86. The fraction of sp³-hybridized carbons (Fsp3) is 0.545. The summed E-state index contributed by atoms with van der Waals surface area (Å²) in [5.41, 5.74) is -2.28. The zero-order chi connectivity index (χ0) is 14.1. The number of hydrogen-bond donors (Lipinski definition) is 2. The Morgan fingerprint density at radius 1 is 1.44 bits per heavy atom. The van der Waals surface area contributed by atoms with Crippen molar-refractivity contribution in [2.75, 3.05) is 14.1 Å². The van der Waals surface area contributed by atoms with Gasteiger partial charge in [-0.3, -0.25) is 14.3 Å². The summed E-state index contributed by atoms with van der Waals surface area (Å²) in [7, 11) is 3.71. The summed E-state index contributed by atoms with van der Waals surface area (Å²) in [6.45, 7) is 4.09. The Balaban J connectivity index is 3.27. The van der Waals surface area contributed by atoms with Gasteiger partial charge in [-0.05, 0) is 27.9 Å². The zero-order valence-corrected chi connectivity index (χ0v) is 10.9. The van der Waals surface area contributed by atoms with Crippen LogP contribution in [0.4, 0.5) is 0 Å². The van der Waals surface area contributed by atoms with Crippen LogP contribution in [0.3, 0.4) is 0 Å². The molecule has 1 heterocycles. The Morgan fingerprint density at radius 2 is 2.00 bits per heavy atom. The summed E-state index contributed by atoms with van der Waals surface area (Å²) in [5.74, 6) is -1.35. The third-order valence-corrected chi connectivity index (χ3v) is 3.01. The number of nitrogens with one attached hydrogen (secondary N) is 1. The van der Waals surface area contributed by atoms with E-state index >= 15 is 0 Å². The number of nitrogens with zero attached hydrogens (tertiary/aromatic N) is 2. The SMILES string of the molecule is CN(C)C(C)(C)Cn1cc(C(=O)O)c(=O)[nH]c1=O. The van der Waals surface area contributed by atoms with Crippen molar-refractivity contribution in [2.45, 2.75) is 25.9 Å². The third-order valence-electron chi connectivity index (χ3n) is 3.01. The van der Waals surface area contributed by atoms with Gasteiger partial charge in [-0.1, -0.05) is 0 Å². The van der Waals surface area contributed by atoms with Gasteiger partial charge in [0.2, 0.25) is 0 Å². The van der Waals surface area contributed by atoms with Crippen molar-refractivity contribution in [3.05, 3.63) is 32.6 Å². The first kappa shape index (κ1) is 14.2. The van der Waals surface area contributed by atoms with E-state index in [0.717, 1.165) is 6.20 Å². The first-order valence-corrected chi connectivity index (χ1v) is 5.39. The van der Waals surface area contributed by atoms with Gasteiger partial charge in [-0.25, -0.2) is 9.59 Å². The maximum absolute atomic E-state index is 11.6. The van der Waals surface area contributed by atoms with Gasteiger partial charge >= 0.3 is 11.7 Å². The molecule has 0 aliphatic heterocycles. The topological polar surface area (TPSA) is 95.4 Å². The van der Waals surface area contributed by atoms with Crippen molar-refractivity contribution in [2.24, 2.45) is 0 Å². The molecule has 100 valence electrons. The molecule has 0 bridgehead atoms. The monoisotopic (exact) mass is 255 g/mol. The molecule has 1 aromatic heterocycles. The number of carboxylic acids is 1. The van der Waals surface area contributed by atoms with Crippen LogP contribution in [-0.4, -0.2) is 45.2 Å². The van der Waals surface area contributed by atoms with Crippen LogP contribution in [0, 0.1) is 0 Å².